The lowest BCUT2D eigenvalue weighted by Crippen LogP contribution is -2.52. The van der Waals surface area contributed by atoms with Crippen molar-refractivity contribution in [1.82, 2.24) is 14.3 Å². The van der Waals surface area contributed by atoms with Crippen LogP contribution >= 0.6 is 0 Å². The van der Waals surface area contributed by atoms with Crippen molar-refractivity contribution in [2.24, 2.45) is 5.92 Å². The molecule has 2 aromatic heterocycles. The molecule has 0 spiro atoms. The lowest BCUT2D eigenvalue weighted by Gasteiger charge is -2.42. The lowest BCUT2D eigenvalue weighted by atomic mass is 9.69. The summed E-state index contributed by atoms with van der Waals surface area (Å²) in [5, 5.41) is 8.29. The molecule has 2 aliphatic heterocycles. The number of nitrogens with zero attached hydrogens (tertiary/aromatic N) is 3. The van der Waals surface area contributed by atoms with Gasteiger partial charge in [0.05, 0.1) is 29.3 Å². The summed E-state index contributed by atoms with van der Waals surface area (Å²) in [5.74, 6) is 0.435. The third-order valence-electron chi connectivity index (χ3n) is 7.54. The van der Waals surface area contributed by atoms with Gasteiger partial charge in [0, 0.05) is 42.7 Å². The van der Waals surface area contributed by atoms with Crippen molar-refractivity contribution in [1.29, 1.82) is 0 Å². The van der Waals surface area contributed by atoms with E-state index in [9.17, 15) is 14.0 Å². The molecule has 35 heavy (non-hydrogen) atoms. The molecule has 2 atom stereocenters. The van der Waals surface area contributed by atoms with E-state index in [1.165, 1.54) is 0 Å². The molecule has 2 saturated carbocycles. The Bertz CT molecular complexity index is 1390. The molecule has 184 valence electrons. The van der Waals surface area contributed by atoms with Gasteiger partial charge in [-0.1, -0.05) is 6.92 Å². The molecule has 4 heterocycles. The minimum absolute atomic E-state index is 0.162. The van der Waals surface area contributed by atoms with Crippen LogP contribution in [0.5, 0.6) is 5.75 Å². The summed E-state index contributed by atoms with van der Waals surface area (Å²) in [6, 6.07) is 7.08. The number of ether oxygens (including phenoxy) is 2. The quantitative estimate of drug-likeness (QED) is 0.551. The number of anilines is 1. The highest BCUT2D eigenvalue weighted by Crippen LogP contribution is 2.56. The average Bonchev–Trinajstić information content (AvgIpc) is 3.16. The summed E-state index contributed by atoms with van der Waals surface area (Å²) >= 11 is 0. The first-order valence-electron chi connectivity index (χ1n) is 12.2. The van der Waals surface area contributed by atoms with Gasteiger partial charge < -0.3 is 19.4 Å². The SMILES string of the molecule is CC(C)Oc1cc2nn(C34COC(CF)(C3)C4)cc2cc1C(=O)Nc1cccn([C@@H]2C[C@@H]2C)c1=O. The minimum Gasteiger partial charge on any atom is -0.490 e. The fourth-order valence-corrected chi connectivity index (χ4v) is 5.57. The molecule has 2 bridgehead atoms. The summed E-state index contributed by atoms with van der Waals surface area (Å²) in [6.45, 7) is 5.81. The maximum absolute atomic E-state index is 13.4. The maximum atomic E-state index is 13.4. The molecule has 2 saturated heterocycles. The van der Waals surface area contributed by atoms with Crippen molar-refractivity contribution in [3.05, 3.63) is 52.6 Å². The van der Waals surface area contributed by atoms with Gasteiger partial charge in [0.25, 0.3) is 11.5 Å². The van der Waals surface area contributed by atoms with Gasteiger partial charge in [0.15, 0.2) is 0 Å². The zero-order chi connectivity index (χ0) is 24.5. The highest BCUT2D eigenvalue weighted by molar-refractivity contribution is 6.08. The first-order chi connectivity index (χ1) is 16.7. The number of hydrogen-bond acceptors (Lipinski definition) is 5. The van der Waals surface area contributed by atoms with Gasteiger partial charge in [-0.2, -0.15) is 5.10 Å². The summed E-state index contributed by atoms with van der Waals surface area (Å²) < 4.78 is 28.6. The van der Waals surface area contributed by atoms with Crippen LogP contribution in [0.1, 0.15) is 56.4 Å². The second kappa shape index (κ2) is 7.65. The van der Waals surface area contributed by atoms with E-state index in [4.69, 9.17) is 14.6 Å². The topological polar surface area (TPSA) is 87.4 Å². The molecule has 1 aromatic carbocycles. The molecule has 7 rings (SSSR count). The lowest BCUT2D eigenvalue weighted by molar-refractivity contribution is -0.0336. The van der Waals surface area contributed by atoms with E-state index in [0.29, 0.717) is 42.2 Å². The first-order valence-corrected chi connectivity index (χ1v) is 12.2. The van der Waals surface area contributed by atoms with Gasteiger partial charge in [-0.25, -0.2) is 4.39 Å². The highest BCUT2D eigenvalue weighted by Gasteiger charge is 2.64. The largest absolute Gasteiger partial charge is 0.490 e. The summed E-state index contributed by atoms with van der Waals surface area (Å²) in [5.41, 5.74) is 0.0182. The average molecular weight is 481 g/mol. The number of aromatic nitrogens is 3. The van der Waals surface area contributed by atoms with E-state index >= 15 is 0 Å². The van der Waals surface area contributed by atoms with Gasteiger partial charge >= 0.3 is 0 Å². The standard InChI is InChI=1S/C26H29FN4O4/c1-15(2)35-22-9-20-17(10-31(29-20)25-11-26(12-25,13-27)34-14-25)8-18(22)23(32)28-19-5-4-6-30(24(19)33)21-7-16(21)3/h4-6,8-10,15-16,21H,7,11-14H2,1-3H3,(H,28,32)/t16-,21+,25?,26?/m0/s1. The minimum atomic E-state index is -0.671. The van der Waals surface area contributed by atoms with Crippen LogP contribution < -0.4 is 15.6 Å². The molecule has 9 heteroatoms. The molecular formula is C26H29FN4O4. The van der Waals surface area contributed by atoms with E-state index in [1.807, 2.05) is 24.7 Å². The third kappa shape index (κ3) is 3.55. The zero-order valence-electron chi connectivity index (χ0n) is 20.1. The summed E-state index contributed by atoms with van der Waals surface area (Å²) in [6.07, 6.45) is 5.63. The van der Waals surface area contributed by atoms with Crippen LogP contribution in [0.25, 0.3) is 10.9 Å². The fourth-order valence-electron chi connectivity index (χ4n) is 5.57. The Balaban J connectivity index is 1.34. The molecular weight excluding hydrogens is 451 g/mol. The Labute approximate surface area is 202 Å². The molecule has 4 fully saturated rings. The number of rotatable bonds is 7. The number of halogens is 1. The molecule has 2 aliphatic carbocycles. The number of benzene rings is 1. The monoisotopic (exact) mass is 480 g/mol. The molecule has 1 N–H and O–H groups in total. The van der Waals surface area contributed by atoms with E-state index < -0.39 is 18.2 Å². The van der Waals surface area contributed by atoms with Crippen molar-refractivity contribution in [2.75, 3.05) is 18.6 Å². The van der Waals surface area contributed by atoms with Crippen LogP contribution in [0.15, 0.2) is 41.5 Å². The Morgan fingerprint density at radius 2 is 2.14 bits per heavy atom. The number of alkyl halides is 1. The van der Waals surface area contributed by atoms with Gasteiger partial charge in [-0.05, 0) is 44.4 Å². The van der Waals surface area contributed by atoms with Crippen molar-refractivity contribution >= 4 is 22.5 Å². The number of carbonyl (C=O) groups excluding carboxylic acids is 1. The van der Waals surface area contributed by atoms with Crippen molar-refractivity contribution in [3.63, 3.8) is 0 Å². The van der Waals surface area contributed by atoms with Crippen molar-refractivity contribution in [3.8, 4) is 5.75 Å². The van der Waals surface area contributed by atoms with E-state index in [1.54, 1.807) is 35.0 Å². The zero-order valence-corrected chi connectivity index (χ0v) is 20.1. The Morgan fingerprint density at radius 3 is 2.80 bits per heavy atom. The summed E-state index contributed by atoms with van der Waals surface area (Å²) in [4.78, 5) is 26.3. The summed E-state index contributed by atoms with van der Waals surface area (Å²) in [7, 11) is 0. The molecule has 0 unspecified atom stereocenters. The first kappa shape index (κ1) is 22.3. The second-order valence-electron chi connectivity index (χ2n) is 10.7. The van der Waals surface area contributed by atoms with E-state index in [2.05, 4.69) is 12.2 Å². The fraction of sp³-hybridized carbons (Fsp3) is 0.500. The molecule has 0 radical (unpaired) electrons. The van der Waals surface area contributed by atoms with Crippen LogP contribution in [0.3, 0.4) is 0 Å². The highest BCUT2D eigenvalue weighted by atomic mass is 19.1. The Hall–Kier alpha value is -3.20. The van der Waals surface area contributed by atoms with Crippen LogP contribution in [0.4, 0.5) is 10.1 Å². The van der Waals surface area contributed by atoms with Gasteiger partial charge in [0.1, 0.15) is 23.7 Å². The van der Waals surface area contributed by atoms with Gasteiger partial charge in [0.2, 0.25) is 0 Å². The Morgan fingerprint density at radius 1 is 1.37 bits per heavy atom. The van der Waals surface area contributed by atoms with Crippen molar-refractivity contribution < 1.29 is 18.7 Å². The molecule has 3 aromatic rings. The normalized spacial score (nSPS) is 28.8. The number of pyridine rings is 1. The number of fused-ring (bicyclic) bond motifs is 2. The van der Waals surface area contributed by atoms with Gasteiger partial charge in [-0.3, -0.25) is 14.3 Å². The number of amides is 1. The third-order valence-corrected chi connectivity index (χ3v) is 7.54. The van der Waals surface area contributed by atoms with Crippen LogP contribution in [0.2, 0.25) is 0 Å². The van der Waals surface area contributed by atoms with Crippen LogP contribution in [-0.4, -0.2) is 45.2 Å². The number of carbonyl (C=O) groups is 1. The molecule has 1 amide bonds. The van der Waals surface area contributed by atoms with Gasteiger partial charge in [-0.15, -0.1) is 0 Å². The van der Waals surface area contributed by atoms with Crippen LogP contribution in [-0.2, 0) is 10.3 Å². The second-order valence-corrected chi connectivity index (χ2v) is 10.7. The van der Waals surface area contributed by atoms with Crippen LogP contribution in [0, 0.1) is 5.92 Å². The van der Waals surface area contributed by atoms with E-state index in [-0.39, 0.29) is 28.9 Å². The predicted molar refractivity (Wildman–Crippen MR) is 129 cm³/mol. The smallest absolute Gasteiger partial charge is 0.274 e. The Kier molecular flexibility index (Phi) is 4.87. The number of nitrogens with one attached hydrogen (secondary N) is 1. The number of hydrogen-bond donors (Lipinski definition) is 1. The molecule has 4 aliphatic rings. The predicted octanol–water partition coefficient (Wildman–Crippen LogP) is 4.05. The molecule has 8 nitrogen and oxygen atoms in total. The van der Waals surface area contributed by atoms with Crippen molar-refractivity contribution in [2.45, 2.75) is 63.3 Å². The van der Waals surface area contributed by atoms with E-state index in [0.717, 1.165) is 11.8 Å². The maximum Gasteiger partial charge on any atom is 0.274 e.